The van der Waals surface area contributed by atoms with Gasteiger partial charge in [0.2, 0.25) is 0 Å². The minimum atomic E-state index is 0.572. The zero-order valence-electron chi connectivity index (χ0n) is 12.6. The number of methoxy groups -OCH3 is 1. The van der Waals surface area contributed by atoms with Crippen molar-refractivity contribution in [3.8, 4) is 5.75 Å². The number of aryl methyl sites for hydroxylation is 2. The first kappa shape index (κ1) is 16.6. The Morgan fingerprint density at radius 2 is 2.27 bits per heavy atom. The third-order valence-electron chi connectivity index (χ3n) is 3.05. The summed E-state index contributed by atoms with van der Waals surface area (Å²) in [6.07, 6.45) is 4.33. The molecule has 1 aromatic heterocycles. The molecule has 0 saturated carbocycles. The first-order valence-corrected chi connectivity index (χ1v) is 7.74. The highest BCUT2D eigenvalue weighted by atomic mass is 35.5. The second-order valence-electron chi connectivity index (χ2n) is 4.86. The Hall–Kier alpha value is -1.79. The van der Waals surface area contributed by atoms with Gasteiger partial charge in [0.15, 0.2) is 5.11 Å². The van der Waals surface area contributed by atoms with Crippen LogP contribution in [0, 0.1) is 6.92 Å². The summed E-state index contributed by atoms with van der Waals surface area (Å²) < 4.78 is 7.12. The predicted molar refractivity (Wildman–Crippen MR) is 93.8 cm³/mol. The lowest BCUT2D eigenvalue weighted by atomic mass is 10.2. The fourth-order valence-electron chi connectivity index (χ4n) is 1.99. The number of hydrogen-bond donors (Lipinski definition) is 2. The lowest BCUT2D eigenvalue weighted by molar-refractivity contribution is 0.417. The van der Waals surface area contributed by atoms with Crippen LogP contribution in [-0.4, -0.2) is 28.5 Å². The average molecular weight is 339 g/mol. The lowest BCUT2D eigenvalue weighted by Gasteiger charge is -2.14. The van der Waals surface area contributed by atoms with Crippen molar-refractivity contribution < 1.29 is 4.74 Å². The number of halogens is 1. The van der Waals surface area contributed by atoms with Crippen LogP contribution in [0.25, 0.3) is 0 Å². The maximum atomic E-state index is 5.81. The fourth-order valence-corrected chi connectivity index (χ4v) is 2.36. The molecule has 118 valence electrons. The van der Waals surface area contributed by atoms with Crippen LogP contribution >= 0.6 is 23.8 Å². The van der Waals surface area contributed by atoms with E-state index >= 15 is 0 Å². The molecule has 2 rings (SSSR count). The van der Waals surface area contributed by atoms with Gasteiger partial charge >= 0.3 is 0 Å². The van der Waals surface area contributed by atoms with Crippen molar-refractivity contribution in [2.45, 2.75) is 19.9 Å². The minimum absolute atomic E-state index is 0.572. The van der Waals surface area contributed by atoms with E-state index in [1.54, 1.807) is 19.5 Å². The summed E-state index contributed by atoms with van der Waals surface area (Å²) in [6, 6.07) is 5.91. The summed E-state index contributed by atoms with van der Waals surface area (Å²) in [5.74, 6) is 0.765. The van der Waals surface area contributed by atoms with E-state index in [1.807, 2.05) is 29.8 Å². The third-order valence-corrected chi connectivity index (χ3v) is 3.50. The van der Waals surface area contributed by atoms with E-state index in [2.05, 4.69) is 15.7 Å². The summed E-state index contributed by atoms with van der Waals surface area (Å²) in [4.78, 5) is 0. The molecule has 0 aliphatic rings. The van der Waals surface area contributed by atoms with Gasteiger partial charge in [-0.25, -0.2) is 0 Å². The van der Waals surface area contributed by atoms with Crippen molar-refractivity contribution in [3.05, 3.63) is 41.2 Å². The molecule has 22 heavy (non-hydrogen) atoms. The summed E-state index contributed by atoms with van der Waals surface area (Å²) in [5, 5.41) is 11.7. The van der Waals surface area contributed by atoms with E-state index in [0.717, 1.165) is 36.5 Å². The Morgan fingerprint density at radius 1 is 1.45 bits per heavy atom. The summed E-state index contributed by atoms with van der Waals surface area (Å²) in [5.41, 5.74) is 2.00. The van der Waals surface area contributed by atoms with Crippen LogP contribution in [0.3, 0.4) is 0 Å². The van der Waals surface area contributed by atoms with Crippen molar-refractivity contribution in [2.24, 2.45) is 0 Å². The highest BCUT2D eigenvalue weighted by molar-refractivity contribution is 7.80. The number of nitrogens with one attached hydrogen (secondary N) is 2. The van der Waals surface area contributed by atoms with Crippen molar-refractivity contribution in [2.75, 3.05) is 19.0 Å². The molecule has 0 atom stereocenters. The van der Waals surface area contributed by atoms with Gasteiger partial charge in [0.05, 0.1) is 24.0 Å². The number of nitrogens with zero attached hydrogens (tertiary/aromatic N) is 2. The number of anilines is 1. The number of hydrogen-bond acceptors (Lipinski definition) is 3. The molecular formula is C15H19ClN4OS. The van der Waals surface area contributed by atoms with Crippen LogP contribution in [0.15, 0.2) is 30.6 Å². The average Bonchev–Trinajstić information content (AvgIpc) is 2.89. The third kappa shape index (κ3) is 4.89. The maximum Gasteiger partial charge on any atom is 0.170 e. The standard InChI is InChI=1S/C15H19ClN4OS/c1-11-4-5-14(21-2)13(8-11)19-15(22)17-6-3-7-20-10-12(16)9-18-20/h4-5,8-10H,3,6-7H2,1-2H3,(H2,17,19,22). The molecule has 0 fully saturated rings. The van der Waals surface area contributed by atoms with Gasteiger partial charge in [0, 0.05) is 19.3 Å². The normalized spacial score (nSPS) is 10.3. The van der Waals surface area contributed by atoms with Crippen LogP contribution in [0.1, 0.15) is 12.0 Å². The van der Waals surface area contributed by atoms with Crippen LogP contribution in [-0.2, 0) is 6.54 Å². The number of aromatic nitrogens is 2. The van der Waals surface area contributed by atoms with Gasteiger partial charge in [-0.15, -0.1) is 0 Å². The predicted octanol–water partition coefficient (Wildman–Crippen LogP) is 3.23. The van der Waals surface area contributed by atoms with E-state index in [9.17, 15) is 0 Å². The fraction of sp³-hybridized carbons (Fsp3) is 0.333. The zero-order valence-corrected chi connectivity index (χ0v) is 14.2. The molecule has 0 aliphatic carbocycles. The molecule has 5 nitrogen and oxygen atoms in total. The first-order chi connectivity index (χ1) is 10.6. The van der Waals surface area contributed by atoms with Gasteiger partial charge < -0.3 is 15.4 Å². The summed E-state index contributed by atoms with van der Waals surface area (Å²) in [7, 11) is 1.64. The zero-order chi connectivity index (χ0) is 15.9. The molecule has 1 aromatic carbocycles. The van der Waals surface area contributed by atoms with Crippen LogP contribution < -0.4 is 15.4 Å². The number of rotatable bonds is 6. The molecular weight excluding hydrogens is 320 g/mol. The van der Waals surface area contributed by atoms with E-state index in [0.29, 0.717) is 10.1 Å². The number of thiocarbonyl (C=S) groups is 1. The number of ether oxygens (including phenoxy) is 1. The highest BCUT2D eigenvalue weighted by Crippen LogP contribution is 2.24. The minimum Gasteiger partial charge on any atom is -0.495 e. The van der Waals surface area contributed by atoms with Crippen molar-refractivity contribution in [3.63, 3.8) is 0 Å². The van der Waals surface area contributed by atoms with E-state index < -0.39 is 0 Å². The molecule has 2 N–H and O–H groups in total. The Balaban J connectivity index is 1.77. The van der Waals surface area contributed by atoms with E-state index in [4.69, 9.17) is 28.6 Å². The molecule has 0 saturated heterocycles. The molecule has 0 aliphatic heterocycles. The largest absolute Gasteiger partial charge is 0.495 e. The molecule has 0 amide bonds. The molecule has 0 radical (unpaired) electrons. The molecule has 2 aromatic rings. The van der Waals surface area contributed by atoms with Crippen molar-refractivity contribution in [1.29, 1.82) is 0 Å². The van der Waals surface area contributed by atoms with Gasteiger partial charge in [-0.1, -0.05) is 17.7 Å². The molecule has 0 unspecified atom stereocenters. The second kappa shape index (κ2) is 8.00. The van der Waals surface area contributed by atoms with Crippen molar-refractivity contribution in [1.82, 2.24) is 15.1 Å². The van der Waals surface area contributed by atoms with Crippen molar-refractivity contribution >= 4 is 34.6 Å². The van der Waals surface area contributed by atoms with Gasteiger partial charge in [0.1, 0.15) is 5.75 Å². The van der Waals surface area contributed by atoms with E-state index in [1.165, 1.54) is 0 Å². The molecule has 1 heterocycles. The van der Waals surface area contributed by atoms with Gasteiger partial charge in [-0.3, -0.25) is 4.68 Å². The lowest BCUT2D eigenvalue weighted by Crippen LogP contribution is -2.30. The monoisotopic (exact) mass is 338 g/mol. The van der Waals surface area contributed by atoms with Gasteiger partial charge in [-0.2, -0.15) is 5.10 Å². The molecule has 0 bridgehead atoms. The van der Waals surface area contributed by atoms with Gasteiger partial charge in [-0.05, 0) is 43.3 Å². The van der Waals surface area contributed by atoms with Crippen LogP contribution in [0.2, 0.25) is 5.02 Å². The Bertz CT molecular complexity index is 644. The second-order valence-corrected chi connectivity index (χ2v) is 5.70. The summed E-state index contributed by atoms with van der Waals surface area (Å²) in [6.45, 7) is 3.56. The Labute approximate surface area is 140 Å². The Kier molecular flexibility index (Phi) is 6.03. The number of benzene rings is 1. The quantitative estimate of drug-likeness (QED) is 0.625. The smallest absolute Gasteiger partial charge is 0.170 e. The van der Waals surface area contributed by atoms with E-state index in [-0.39, 0.29) is 0 Å². The molecule has 0 spiro atoms. The SMILES string of the molecule is COc1ccc(C)cc1NC(=S)NCCCn1cc(Cl)cn1. The van der Waals surface area contributed by atoms with Crippen LogP contribution in [0.4, 0.5) is 5.69 Å². The first-order valence-electron chi connectivity index (χ1n) is 6.96. The van der Waals surface area contributed by atoms with Crippen LogP contribution in [0.5, 0.6) is 5.75 Å². The highest BCUT2D eigenvalue weighted by Gasteiger charge is 2.05. The summed E-state index contributed by atoms with van der Waals surface area (Å²) >= 11 is 11.1. The Morgan fingerprint density at radius 3 is 2.95 bits per heavy atom. The topological polar surface area (TPSA) is 51.1 Å². The molecule has 7 heteroatoms. The maximum absolute atomic E-state index is 5.81. The van der Waals surface area contributed by atoms with Gasteiger partial charge in [0.25, 0.3) is 0 Å².